The van der Waals surface area contributed by atoms with Gasteiger partial charge < -0.3 is 14.8 Å². The second kappa shape index (κ2) is 11.6. The Labute approximate surface area is 130 Å². The molecule has 0 spiro atoms. The van der Waals surface area contributed by atoms with Crippen LogP contribution in [0, 0.1) is 0 Å². The van der Waals surface area contributed by atoms with Gasteiger partial charge in [0.15, 0.2) is 0 Å². The van der Waals surface area contributed by atoms with Crippen LogP contribution in [0.25, 0.3) is 0 Å². The fourth-order valence-corrected chi connectivity index (χ4v) is 2.00. The van der Waals surface area contributed by atoms with Crippen LogP contribution in [0.5, 0.6) is 5.75 Å². The zero-order valence-electron chi connectivity index (χ0n) is 13.9. The van der Waals surface area contributed by atoms with E-state index >= 15 is 0 Å². The highest BCUT2D eigenvalue weighted by atomic mass is 16.5. The predicted molar refractivity (Wildman–Crippen MR) is 88.9 cm³/mol. The molecule has 0 aliphatic carbocycles. The molecule has 0 saturated carbocycles. The molecular weight excluding hydrogens is 262 g/mol. The molecule has 3 nitrogen and oxygen atoms in total. The molecule has 1 N–H and O–H groups in total. The van der Waals surface area contributed by atoms with E-state index in [1.807, 2.05) is 0 Å². The Kier molecular flexibility index (Phi) is 9.92. The summed E-state index contributed by atoms with van der Waals surface area (Å²) in [7, 11) is 0. The molecule has 0 amide bonds. The molecule has 0 radical (unpaired) electrons. The number of hydrogen-bond acceptors (Lipinski definition) is 3. The molecule has 0 unspecified atom stereocenters. The van der Waals surface area contributed by atoms with E-state index < -0.39 is 0 Å². The number of unbranched alkanes of at least 4 members (excludes halogenated alkanes) is 2. The first kappa shape index (κ1) is 18.0. The van der Waals surface area contributed by atoms with Crippen molar-refractivity contribution in [2.24, 2.45) is 0 Å². The largest absolute Gasteiger partial charge is 0.494 e. The maximum atomic E-state index is 5.58. The first-order valence-electron chi connectivity index (χ1n) is 8.26. The molecule has 1 aromatic carbocycles. The quantitative estimate of drug-likeness (QED) is 0.587. The van der Waals surface area contributed by atoms with Crippen LogP contribution < -0.4 is 10.1 Å². The average molecular weight is 293 g/mol. The predicted octanol–water partition coefficient (Wildman–Crippen LogP) is 4.16. The zero-order chi connectivity index (χ0) is 15.3. The van der Waals surface area contributed by atoms with Crippen LogP contribution in [0.15, 0.2) is 24.3 Å². The Hall–Kier alpha value is -1.06. The molecule has 0 bridgehead atoms. The van der Waals surface area contributed by atoms with Gasteiger partial charge in [-0.15, -0.1) is 0 Å². The van der Waals surface area contributed by atoms with Gasteiger partial charge in [0.05, 0.1) is 12.7 Å². The van der Waals surface area contributed by atoms with Gasteiger partial charge in [-0.05, 0) is 63.8 Å². The van der Waals surface area contributed by atoms with E-state index in [0.717, 1.165) is 44.9 Å². The third-order valence-corrected chi connectivity index (χ3v) is 3.17. The molecular formula is C18H31NO2. The van der Waals surface area contributed by atoms with E-state index in [1.54, 1.807) is 0 Å². The molecule has 0 heterocycles. The van der Waals surface area contributed by atoms with Crippen molar-refractivity contribution in [2.45, 2.75) is 59.1 Å². The minimum Gasteiger partial charge on any atom is -0.494 e. The van der Waals surface area contributed by atoms with Crippen molar-refractivity contribution in [2.75, 3.05) is 19.8 Å². The van der Waals surface area contributed by atoms with Gasteiger partial charge in [-0.1, -0.05) is 19.1 Å². The lowest BCUT2D eigenvalue weighted by Gasteiger charge is -2.08. The van der Waals surface area contributed by atoms with Crippen molar-refractivity contribution >= 4 is 0 Å². The van der Waals surface area contributed by atoms with Crippen LogP contribution in [0.3, 0.4) is 0 Å². The number of nitrogens with one attached hydrogen (secondary N) is 1. The first-order valence-corrected chi connectivity index (χ1v) is 8.26. The molecule has 0 aromatic heterocycles. The third kappa shape index (κ3) is 9.48. The summed E-state index contributed by atoms with van der Waals surface area (Å²) in [5, 5.41) is 3.48. The fraction of sp³-hybridized carbons (Fsp3) is 0.667. The normalized spacial score (nSPS) is 11.0. The number of hydrogen-bond donors (Lipinski definition) is 1. The average Bonchev–Trinajstić information content (AvgIpc) is 2.48. The Bertz CT molecular complexity index is 349. The van der Waals surface area contributed by atoms with Crippen molar-refractivity contribution in [3.05, 3.63) is 29.8 Å². The minimum atomic E-state index is 0.354. The molecule has 0 atom stereocenters. The van der Waals surface area contributed by atoms with Crippen LogP contribution in [-0.4, -0.2) is 25.9 Å². The van der Waals surface area contributed by atoms with Crippen molar-refractivity contribution in [3.8, 4) is 5.75 Å². The van der Waals surface area contributed by atoms with Gasteiger partial charge >= 0.3 is 0 Å². The van der Waals surface area contributed by atoms with Crippen LogP contribution >= 0.6 is 0 Å². The lowest BCUT2D eigenvalue weighted by Crippen LogP contribution is -2.14. The third-order valence-electron chi connectivity index (χ3n) is 3.17. The summed E-state index contributed by atoms with van der Waals surface area (Å²) in [5.74, 6) is 0.964. The summed E-state index contributed by atoms with van der Waals surface area (Å²) < 4.78 is 11.1. The van der Waals surface area contributed by atoms with Crippen LogP contribution in [0.2, 0.25) is 0 Å². The van der Waals surface area contributed by atoms with Crippen LogP contribution in [-0.2, 0) is 11.3 Å². The highest BCUT2D eigenvalue weighted by Crippen LogP contribution is 2.12. The molecule has 1 aromatic rings. The Morgan fingerprint density at radius 3 is 2.43 bits per heavy atom. The van der Waals surface area contributed by atoms with Gasteiger partial charge in [-0.3, -0.25) is 0 Å². The van der Waals surface area contributed by atoms with Crippen LogP contribution in [0.1, 0.15) is 52.0 Å². The monoisotopic (exact) mass is 293 g/mol. The molecule has 120 valence electrons. The molecule has 0 aliphatic rings. The smallest absolute Gasteiger partial charge is 0.119 e. The molecule has 3 heteroatoms. The molecule has 0 fully saturated rings. The van der Waals surface area contributed by atoms with Crippen molar-refractivity contribution in [3.63, 3.8) is 0 Å². The summed E-state index contributed by atoms with van der Waals surface area (Å²) in [6.07, 6.45) is 4.99. The SMILES string of the molecule is CCCOc1ccc(CNCCCCCOC(C)C)cc1. The Morgan fingerprint density at radius 1 is 1.00 bits per heavy atom. The second-order valence-corrected chi connectivity index (χ2v) is 5.65. The van der Waals surface area contributed by atoms with Gasteiger partial charge in [0.2, 0.25) is 0 Å². The molecule has 0 aliphatic heterocycles. The molecule has 0 saturated heterocycles. The molecule has 1 rings (SSSR count). The Morgan fingerprint density at radius 2 is 1.76 bits per heavy atom. The van der Waals surface area contributed by atoms with Crippen molar-refractivity contribution in [1.82, 2.24) is 5.32 Å². The number of benzene rings is 1. The maximum absolute atomic E-state index is 5.58. The van der Waals surface area contributed by atoms with Gasteiger partial charge in [-0.25, -0.2) is 0 Å². The van der Waals surface area contributed by atoms with Crippen molar-refractivity contribution < 1.29 is 9.47 Å². The lowest BCUT2D eigenvalue weighted by molar-refractivity contribution is 0.0758. The van der Waals surface area contributed by atoms with E-state index in [0.29, 0.717) is 6.10 Å². The fourth-order valence-electron chi connectivity index (χ4n) is 2.00. The standard InChI is InChI=1S/C18H31NO2/c1-4-13-21-18-10-8-17(9-11-18)15-19-12-6-5-7-14-20-16(2)3/h8-11,16,19H,4-7,12-15H2,1-3H3. The van der Waals surface area contributed by atoms with Crippen LogP contribution in [0.4, 0.5) is 0 Å². The summed E-state index contributed by atoms with van der Waals surface area (Å²) in [6, 6.07) is 8.37. The highest BCUT2D eigenvalue weighted by molar-refractivity contribution is 5.27. The summed E-state index contributed by atoms with van der Waals surface area (Å²) in [6.45, 7) is 9.95. The Balaban J connectivity index is 2.02. The zero-order valence-corrected chi connectivity index (χ0v) is 13.9. The van der Waals surface area contributed by atoms with Crippen molar-refractivity contribution in [1.29, 1.82) is 0 Å². The second-order valence-electron chi connectivity index (χ2n) is 5.65. The topological polar surface area (TPSA) is 30.5 Å². The first-order chi connectivity index (χ1) is 10.2. The van der Waals surface area contributed by atoms with E-state index in [1.165, 1.54) is 18.4 Å². The summed E-state index contributed by atoms with van der Waals surface area (Å²) >= 11 is 0. The maximum Gasteiger partial charge on any atom is 0.119 e. The van der Waals surface area contributed by atoms with E-state index in [2.05, 4.69) is 50.4 Å². The summed E-state index contributed by atoms with van der Waals surface area (Å²) in [4.78, 5) is 0. The number of rotatable bonds is 12. The minimum absolute atomic E-state index is 0.354. The van der Waals surface area contributed by atoms with E-state index in [-0.39, 0.29) is 0 Å². The highest BCUT2D eigenvalue weighted by Gasteiger charge is 1.96. The van der Waals surface area contributed by atoms with Gasteiger partial charge in [0.25, 0.3) is 0 Å². The van der Waals surface area contributed by atoms with Gasteiger partial charge in [0.1, 0.15) is 5.75 Å². The molecule has 21 heavy (non-hydrogen) atoms. The van der Waals surface area contributed by atoms with Gasteiger partial charge in [-0.2, -0.15) is 0 Å². The number of ether oxygens (including phenoxy) is 2. The van der Waals surface area contributed by atoms with E-state index in [4.69, 9.17) is 9.47 Å². The van der Waals surface area contributed by atoms with Gasteiger partial charge in [0, 0.05) is 13.2 Å². The summed E-state index contributed by atoms with van der Waals surface area (Å²) in [5.41, 5.74) is 1.31. The lowest BCUT2D eigenvalue weighted by atomic mass is 10.2. The van der Waals surface area contributed by atoms with E-state index in [9.17, 15) is 0 Å².